The summed E-state index contributed by atoms with van der Waals surface area (Å²) in [4.78, 5) is 0. The quantitative estimate of drug-likeness (QED) is 0.513. The van der Waals surface area contributed by atoms with Crippen LogP contribution >= 0.6 is 0 Å². The largest absolute Gasteiger partial charge is 0.491 e. The summed E-state index contributed by atoms with van der Waals surface area (Å²) in [5.41, 5.74) is 0.829. The molecule has 1 aromatic carbocycles. The molecule has 0 heterocycles. The standard InChI is InChI=1S/C11H12O2/c1-3-10-5-4-6-11(9-10)13-8-7-12-2/h1,4-6,9H,7-8H2,2H3. The van der Waals surface area contributed by atoms with Gasteiger partial charge in [0.25, 0.3) is 0 Å². The van der Waals surface area contributed by atoms with E-state index in [9.17, 15) is 0 Å². The average Bonchev–Trinajstić information content (AvgIpc) is 2.19. The number of rotatable bonds is 4. The van der Waals surface area contributed by atoms with Crippen molar-refractivity contribution in [3.8, 4) is 18.1 Å². The van der Waals surface area contributed by atoms with Gasteiger partial charge in [0.1, 0.15) is 12.4 Å². The molecule has 0 radical (unpaired) electrons. The summed E-state index contributed by atoms with van der Waals surface area (Å²) in [6, 6.07) is 7.44. The highest BCUT2D eigenvalue weighted by Gasteiger charge is 1.93. The Kier molecular flexibility index (Phi) is 3.87. The Hall–Kier alpha value is -1.46. The van der Waals surface area contributed by atoms with Gasteiger partial charge >= 0.3 is 0 Å². The third-order valence-corrected chi connectivity index (χ3v) is 1.56. The van der Waals surface area contributed by atoms with Gasteiger partial charge in [0.2, 0.25) is 0 Å². The van der Waals surface area contributed by atoms with Crippen LogP contribution < -0.4 is 4.74 Å². The molecule has 1 rings (SSSR count). The molecule has 0 aromatic heterocycles. The van der Waals surface area contributed by atoms with Crippen molar-refractivity contribution < 1.29 is 9.47 Å². The number of ether oxygens (including phenoxy) is 2. The Bertz CT molecular complexity index is 299. The van der Waals surface area contributed by atoms with Crippen LogP contribution in [0.15, 0.2) is 24.3 Å². The third-order valence-electron chi connectivity index (χ3n) is 1.56. The van der Waals surface area contributed by atoms with Crippen LogP contribution in [0, 0.1) is 12.3 Å². The predicted octanol–water partition coefficient (Wildman–Crippen LogP) is 1.69. The first-order chi connectivity index (χ1) is 6.36. The molecule has 0 unspecified atom stereocenters. The number of hydrogen-bond donors (Lipinski definition) is 0. The molecule has 0 aliphatic rings. The fraction of sp³-hybridized carbons (Fsp3) is 0.273. The van der Waals surface area contributed by atoms with Gasteiger partial charge in [-0.1, -0.05) is 12.0 Å². The van der Waals surface area contributed by atoms with E-state index in [1.165, 1.54) is 0 Å². The molecule has 0 spiro atoms. The molecule has 0 amide bonds. The molecule has 1 aromatic rings. The van der Waals surface area contributed by atoms with Crippen molar-refractivity contribution in [2.24, 2.45) is 0 Å². The fourth-order valence-electron chi connectivity index (χ4n) is 0.919. The van der Waals surface area contributed by atoms with E-state index >= 15 is 0 Å². The van der Waals surface area contributed by atoms with Crippen LogP contribution in [0.4, 0.5) is 0 Å². The second kappa shape index (κ2) is 5.23. The minimum Gasteiger partial charge on any atom is -0.491 e. The Morgan fingerprint density at radius 3 is 2.92 bits per heavy atom. The maximum atomic E-state index is 5.37. The summed E-state index contributed by atoms with van der Waals surface area (Å²) in [5.74, 6) is 3.33. The van der Waals surface area contributed by atoms with E-state index in [1.807, 2.05) is 24.3 Å². The summed E-state index contributed by atoms with van der Waals surface area (Å²) < 4.78 is 10.2. The van der Waals surface area contributed by atoms with Gasteiger partial charge in [0.05, 0.1) is 6.61 Å². The lowest BCUT2D eigenvalue weighted by molar-refractivity contribution is 0.146. The highest BCUT2D eigenvalue weighted by Crippen LogP contribution is 2.11. The second-order valence-electron chi connectivity index (χ2n) is 2.51. The zero-order valence-corrected chi connectivity index (χ0v) is 7.62. The Balaban J connectivity index is 2.52. The molecule has 0 bridgehead atoms. The molecule has 13 heavy (non-hydrogen) atoms. The van der Waals surface area contributed by atoms with Crippen molar-refractivity contribution in [3.05, 3.63) is 29.8 Å². The van der Waals surface area contributed by atoms with Gasteiger partial charge in [0, 0.05) is 12.7 Å². The lowest BCUT2D eigenvalue weighted by atomic mass is 10.2. The molecule has 0 N–H and O–H groups in total. The van der Waals surface area contributed by atoms with E-state index in [0.717, 1.165) is 11.3 Å². The molecule has 0 aliphatic carbocycles. The first-order valence-corrected chi connectivity index (χ1v) is 4.05. The van der Waals surface area contributed by atoms with Crippen LogP contribution in [0.2, 0.25) is 0 Å². The van der Waals surface area contributed by atoms with Crippen LogP contribution in [0.3, 0.4) is 0 Å². The van der Waals surface area contributed by atoms with E-state index in [4.69, 9.17) is 15.9 Å². The lowest BCUT2D eigenvalue weighted by Gasteiger charge is -2.04. The van der Waals surface area contributed by atoms with Crippen LogP contribution in [0.1, 0.15) is 5.56 Å². The molecule has 0 aliphatic heterocycles. The Labute approximate surface area is 78.5 Å². The highest BCUT2D eigenvalue weighted by atomic mass is 16.5. The molecule has 2 nitrogen and oxygen atoms in total. The second-order valence-corrected chi connectivity index (χ2v) is 2.51. The van der Waals surface area contributed by atoms with Crippen molar-refractivity contribution >= 4 is 0 Å². The first-order valence-electron chi connectivity index (χ1n) is 4.05. The molecule has 0 saturated carbocycles. The van der Waals surface area contributed by atoms with Crippen molar-refractivity contribution in [2.45, 2.75) is 0 Å². The maximum absolute atomic E-state index is 5.37. The number of hydrogen-bond acceptors (Lipinski definition) is 2. The van der Waals surface area contributed by atoms with Gasteiger partial charge in [-0.3, -0.25) is 0 Å². The first kappa shape index (κ1) is 9.63. The molecule has 0 saturated heterocycles. The smallest absolute Gasteiger partial charge is 0.120 e. The summed E-state index contributed by atoms with van der Waals surface area (Å²) in [5, 5.41) is 0. The summed E-state index contributed by atoms with van der Waals surface area (Å²) >= 11 is 0. The Morgan fingerprint density at radius 2 is 2.23 bits per heavy atom. The van der Waals surface area contributed by atoms with E-state index in [2.05, 4.69) is 5.92 Å². The molecule has 0 fully saturated rings. The summed E-state index contributed by atoms with van der Waals surface area (Å²) in [6.07, 6.45) is 5.24. The zero-order valence-electron chi connectivity index (χ0n) is 7.62. The van der Waals surface area contributed by atoms with Gasteiger partial charge in [0.15, 0.2) is 0 Å². The van der Waals surface area contributed by atoms with Crippen molar-refractivity contribution in [1.29, 1.82) is 0 Å². The topological polar surface area (TPSA) is 18.5 Å². The average molecular weight is 176 g/mol. The highest BCUT2D eigenvalue weighted by molar-refractivity contribution is 5.38. The lowest BCUT2D eigenvalue weighted by Crippen LogP contribution is -2.04. The normalized spacial score (nSPS) is 9.23. The maximum Gasteiger partial charge on any atom is 0.120 e. The van der Waals surface area contributed by atoms with Crippen LogP contribution in [-0.4, -0.2) is 20.3 Å². The minimum atomic E-state index is 0.546. The third kappa shape index (κ3) is 3.18. The minimum absolute atomic E-state index is 0.546. The number of benzene rings is 1. The number of methoxy groups -OCH3 is 1. The predicted molar refractivity (Wildman–Crippen MR) is 51.7 cm³/mol. The van der Waals surface area contributed by atoms with Crippen molar-refractivity contribution in [2.75, 3.05) is 20.3 Å². The van der Waals surface area contributed by atoms with Crippen LogP contribution in [0.5, 0.6) is 5.75 Å². The Morgan fingerprint density at radius 1 is 1.38 bits per heavy atom. The molecule has 68 valence electrons. The van der Waals surface area contributed by atoms with Crippen LogP contribution in [0.25, 0.3) is 0 Å². The molecular weight excluding hydrogens is 164 g/mol. The van der Waals surface area contributed by atoms with Gasteiger partial charge in [-0.2, -0.15) is 0 Å². The zero-order chi connectivity index (χ0) is 9.52. The molecule has 0 atom stereocenters. The summed E-state index contributed by atoms with van der Waals surface area (Å²) in [6.45, 7) is 1.13. The molecular formula is C11H12O2. The fourth-order valence-corrected chi connectivity index (χ4v) is 0.919. The van der Waals surface area contributed by atoms with E-state index in [1.54, 1.807) is 7.11 Å². The monoisotopic (exact) mass is 176 g/mol. The summed E-state index contributed by atoms with van der Waals surface area (Å²) in [7, 11) is 1.64. The van der Waals surface area contributed by atoms with Crippen LogP contribution in [-0.2, 0) is 4.74 Å². The van der Waals surface area contributed by atoms with Crippen molar-refractivity contribution in [1.82, 2.24) is 0 Å². The van der Waals surface area contributed by atoms with E-state index in [-0.39, 0.29) is 0 Å². The van der Waals surface area contributed by atoms with Gasteiger partial charge < -0.3 is 9.47 Å². The van der Waals surface area contributed by atoms with Gasteiger partial charge in [-0.25, -0.2) is 0 Å². The van der Waals surface area contributed by atoms with Gasteiger partial charge in [-0.05, 0) is 18.2 Å². The SMILES string of the molecule is C#Cc1cccc(OCCOC)c1. The van der Waals surface area contributed by atoms with E-state index < -0.39 is 0 Å². The number of terminal acetylenes is 1. The molecule has 2 heteroatoms. The van der Waals surface area contributed by atoms with Gasteiger partial charge in [-0.15, -0.1) is 6.42 Å². The van der Waals surface area contributed by atoms with Crippen molar-refractivity contribution in [3.63, 3.8) is 0 Å². The van der Waals surface area contributed by atoms with E-state index in [0.29, 0.717) is 13.2 Å².